The number of carbonyl (C=O) groups is 1. The molecule has 0 radical (unpaired) electrons. The monoisotopic (exact) mass is 264 g/mol. The van der Waals surface area contributed by atoms with Crippen molar-refractivity contribution in [2.75, 3.05) is 12.4 Å². The van der Waals surface area contributed by atoms with Crippen LogP contribution >= 0.6 is 0 Å². The number of nitrogens with one attached hydrogen (secondary N) is 1. The third kappa shape index (κ3) is 3.25. The third-order valence-corrected chi connectivity index (χ3v) is 2.35. The second-order valence-electron chi connectivity index (χ2n) is 3.70. The van der Waals surface area contributed by atoms with Gasteiger partial charge >= 0.3 is 0 Å². The summed E-state index contributed by atoms with van der Waals surface area (Å²) in [5, 5.41) is 2.45. The number of aromatic nitrogens is 1. The Morgan fingerprint density at radius 3 is 2.74 bits per heavy atom. The number of ether oxygens (including phenoxy) is 1. The molecule has 1 N–H and O–H groups in total. The van der Waals surface area contributed by atoms with E-state index in [2.05, 4.69) is 10.3 Å². The van der Waals surface area contributed by atoms with Gasteiger partial charge in [-0.25, -0.2) is 9.37 Å². The number of halogens is 2. The van der Waals surface area contributed by atoms with E-state index in [1.807, 2.05) is 0 Å². The van der Waals surface area contributed by atoms with E-state index in [1.54, 1.807) is 0 Å². The van der Waals surface area contributed by atoms with Gasteiger partial charge in [-0.05, 0) is 12.1 Å². The van der Waals surface area contributed by atoms with Crippen LogP contribution in [0.2, 0.25) is 0 Å². The number of amides is 1. The van der Waals surface area contributed by atoms with Gasteiger partial charge in [0.25, 0.3) is 5.91 Å². The smallest absolute Gasteiger partial charge is 0.255 e. The minimum Gasteiger partial charge on any atom is -0.497 e. The average molecular weight is 264 g/mol. The minimum atomic E-state index is -0.760. The zero-order valence-electron chi connectivity index (χ0n) is 9.98. The number of benzene rings is 1. The first kappa shape index (κ1) is 12.9. The Morgan fingerprint density at radius 2 is 2.05 bits per heavy atom. The first-order chi connectivity index (χ1) is 9.08. The summed E-state index contributed by atoms with van der Waals surface area (Å²) < 4.78 is 31.0. The largest absolute Gasteiger partial charge is 0.497 e. The molecule has 2 rings (SSSR count). The third-order valence-electron chi connectivity index (χ3n) is 2.35. The van der Waals surface area contributed by atoms with Crippen LogP contribution in [0.3, 0.4) is 0 Å². The fraction of sp³-hybridized carbons (Fsp3) is 0.0769. The lowest BCUT2D eigenvalue weighted by atomic mass is 10.2. The summed E-state index contributed by atoms with van der Waals surface area (Å²) in [6.07, 6.45) is 1.18. The molecule has 1 amide bonds. The second kappa shape index (κ2) is 5.43. The Morgan fingerprint density at radius 1 is 1.26 bits per heavy atom. The number of hydrogen-bond acceptors (Lipinski definition) is 3. The number of anilines is 1. The molecule has 0 aliphatic carbocycles. The van der Waals surface area contributed by atoms with Crippen molar-refractivity contribution in [2.45, 2.75) is 0 Å². The summed E-state index contributed by atoms with van der Waals surface area (Å²) in [4.78, 5) is 15.2. The Balaban J connectivity index is 2.21. The van der Waals surface area contributed by atoms with Gasteiger partial charge in [0.05, 0.1) is 7.11 Å². The van der Waals surface area contributed by atoms with E-state index in [9.17, 15) is 13.6 Å². The van der Waals surface area contributed by atoms with Gasteiger partial charge in [-0.15, -0.1) is 0 Å². The molecule has 0 aliphatic rings. The molecule has 0 bridgehead atoms. The molecule has 6 heteroatoms. The number of carbonyl (C=O) groups excluding carboxylic acids is 1. The van der Waals surface area contributed by atoms with Crippen LogP contribution < -0.4 is 10.1 Å². The van der Waals surface area contributed by atoms with Gasteiger partial charge in [-0.1, -0.05) is 0 Å². The van der Waals surface area contributed by atoms with E-state index < -0.39 is 17.7 Å². The molecule has 1 heterocycles. The van der Waals surface area contributed by atoms with Gasteiger partial charge in [0.1, 0.15) is 11.6 Å². The molecule has 0 unspecified atom stereocenters. The van der Waals surface area contributed by atoms with E-state index >= 15 is 0 Å². The van der Waals surface area contributed by atoms with Gasteiger partial charge < -0.3 is 10.1 Å². The summed E-state index contributed by atoms with van der Waals surface area (Å²) in [6.45, 7) is 0. The Kier molecular flexibility index (Phi) is 3.70. The Labute approximate surface area is 108 Å². The standard InChI is InChI=1S/C13H10F2N2O2/c1-19-11-6-9(14)5-10(7-11)17-13(18)8-2-3-16-12(15)4-8/h2-7H,1H3,(H,17,18). The van der Waals surface area contributed by atoms with Gasteiger partial charge in [-0.3, -0.25) is 4.79 Å². The normalized spacial score (nSPS) is 10.1. The van der Waals surface area contributed by atoms with Crippen LogP contribution in [0.1, 0.15) is 10.4 Å². The fourth-order valence-electron chi connectivity index (χ4n) is 1.50. The first-order valence-corrected chi connectivity index (χ1v) is 5.36. The topological polar surface area (TPSA) is 51.2 Å². The summed E-state index contributed by atoms with van der Waals surface area (Å²) in [7, 11) is 1.39. The number of rotatable bonds is 3. The highest BCUT2D eigenvalue weighted by molar-refractivity contribution is 6.04. The van der Waals surface area contributed by atoms with E-state index in [-0.39, 0.29) is 17.0 Å². The zero-order chi connectivity index (χ0) is 13.8. The maximum Gasteiger partial charge on any atom is 0.255 e. The van der Waals surface area contributed by atoms with Crippen LogP contribution in [0.4, 0.5) is 14.5 Å². The highest BCUT2D eigenvalue weighted by atomic mass is 19.1. The SMILES string of the molecule is COc1cc(F)cc(NC(=O)c2ccnc(F)c2)c1. The van der Waals surface area contributed by atoms with Crippen molar-refractivity contribution >= 4 is 11.6 Å². The molecule has 0 saturated carbocycles. The predicted molar refractivity (Wildman–Crippen MR) is 65.1 cm³/mol. The van der Waals surface area contributed by atoms with Gasteiger partial charge in [0.2, 0.25) is 5.95 Å². The lowest BCUT2D eigenvalue weighted by Crippen LogP contribution is -2.12. The number of hydrogen-bond donors (Lipinski definition) is 1. The van der Waals surface area contributed by atoms with Crippen molar-refractivity contribution < 1.29 is 18.3 Å². The lowest BCUT2D eigenvalue weighted by Gasteiger charge is -2.07. The summed E-state index contributed by atoms with van der Waals surface area (Å²) in [5.41, 5.74) is 0.315. The van der Waals surface area contributed by atoms with Crippen molar-refractivity contribution in [2.24, 2.45) is 0 Å². The molecule has 0 aliphatic heterocycles. The second-order valence-corrected chi connectivity index (χ2v) is 3.70. The summed E-state index contributed by atoms with van der Waals surface area (Å²) >= 11 is 0. The Hall–Kier alpha value is -2.50. The fourth-order valence-corrected chi connectivity index (χ4v) is 1.50. The molecule has 0 fully saturated rings. The lowest BCUT2D eigenvalue weighted by molar-refractivity contribution is 0.102. The first-order valence-electron chi connectivity index (χ1n) is 5.36. The summed E-state index contributed by atoms with van der Waals surface area (Å²) in [5.74, 6) is -1.59. The van der Waals surface area contributed by atoms with Crippen molar-refractivity contribution in [1.29, 1.82) is 0 Å². The van der Waals surface area contributed by atoms with Crippen molar-refractivity contribution in [3.05, 3.63) is 53.9 Å². The molecular weight excluding hydrogens is 254 g/mol. The number of pyridine rings is 1. The molecule has 2 aromatic rings. The molecule has 1 aromatic heterocycles. The van der Waals surface area contributed by atoms with Crippen LogP contribution in [-0.4, -0.2) is 18.0 Å². The number of methoxy groups -OCH3 is 1. The van der Waals surface area contributed by atoms with Crippen LogP contribution in [0.5, 0.6) is 5.75 Å². The maximum atomic E-state index is 13.2. The quantitative estimate of drug-likeness (QED) is 0.867. The van der Waals surface area contributed by atoms with Crippen molar-refractivity contribution in [3.8, 4) is 5.75 Å². The van der Waals surface area contributed by atoms with E-state index in [4.69, 9.17) is 4.74 Å². The van der Waals surface area contributed by atoms with E-state index in [0.29, 0.717) is 0 Å². The van der Waals surface area contributed by atoms with Gasteiger partial charge in [0.15, 0.2) is 0 Å². The molecule has 0 spiro atoms. The predicted octanol–water partition coefficient (Wildman–Crippen LogP) is 2.62. The molecule has 0 saturated heterocycles. The highest BCUT2D eigenvalue weighted by Gasteiger charge is 2.09. The van der Waals surface area contributed by atoms with Crippen LogP contribution in [0, 0.1) is 11.8 Å². The molecule has 19 heavy (non-hydrogen) atoms. The van der Waals surface area contributed by atoms with E-state index in [0.717, 1.165) is 12.1 Å². The van der Waals surface area contributed by atoms with Crippen LogP contribution in [0.15, 0.2) is 36.5 Å². The molecular formula is C13H10F2N2O2. The number of nitrogens with zero attached hydrogens (tertiary/aromatic N) is 1. The maximum absolute atomic E-state index is 13.2. The minimum absolute atomic E-state index is 0.0933. The van der Waals surface area contributed by atoms with Crippen LogP contribution in [-0.2, 0) is 0 Å². The van der Waals surface area contributed by atoms with Crippen molar-refractivity contribution in [1.82, 2.24) is 4.98 Å². The molecule has 1 aromatic carbocycles. The van der Waals surface area contributed by atoms with E-state index in [1.165, 1.54) is 31.5 Å². The van der Waals surface area contributed by atoms with Gasteiger partial charge in [0, 0.05) is 35.6 Å². The van der Waals surface area contributed by atoms with Crippen molar-refractivity contribution in [3.63, 3.8) is 0 Å². The van der Waals surface area contributed by atoms with Crippen LogP contribution in [0.25, 0.3) is 0 Å². The summed E-state index contributed by atoms with van der Waals surface area (Å²) in [6, 6.07) is 6.12. The average Bonchev–Trinajstić information content (AvgIpc) is 2.38. The molecule has 4 nitrogen and oxygen atoms in total. The van der Waals surface area contributed by atoms with Gasteiger partial charge in [-0.2, -0.15) is 4.39 Å². The zero-order valence-corrected chi connectivity index (χ0v) is 9.98. The molecule has 98 valence electrons. The highest BCUT2D eigenvalue weighted by Crippen LogP contribution is 2.20. The Bertz CT molecular complexity index is 617. The molecule has 0 atom stereocenters.